The molecule has 0 saturated heterocycles. The number of carboxylic acid groups (broad SMARTS) is 1. The second kappa shape index (κ2) is 5.45. The van der Waals surface area contributed by atoms with Crippen molar-refractivity contribution in [2.45, 2.75) is 0 Å². The molecule has 2 aromatic heterocycles. The fourth-order valence-electron chi connectivity index (χ4n) is 2.41. The lowest BCUT2D eigenvalue weighted by Gasteiger charge is -2.05. The van der Waals surface area contributed by atoms with Gasteiger partial charge in [0.15, 0.2) is 5.69 Å². The van der Waals surface area contributed by atoms with Crippen molar-refractivity contribution in [2.75, 3.05) is 7.11 Å². The molecule has 0 aliphatic rings. The molecule has 0 saturated carbocycles. The molecule has 0 aliphatic heterocycles. The summed E-state index contributed by atoms with van der Waals surface area (Å²) in [6.07, 6.45) is 1.60. The van der Waals surface area contributed by atoms with Crippen molar-refractivity contribution in [1.82, 2.24) is 9.38 Å². The second-order valence-electron chi connectivity index (χ2n) is 4.77. The molecule has 0 bridgehead atoms. The molecular weight excluding hydrogens is 300 g/mol. The quantitative estimate of drug-likeness (QED) is 0.719. The predicted molar refractivity (Wildman–Crippen MR) is 80.6 cm³/mol. The van der Waals surface area contributed by atoms with Crippen LogP contribution in [0.25, 0.3) is 16.9 Å². The average molecular weight is 312 g/mol. The minimum absolute atomic E-state index is 0.0280. The van der Waals surface area contributed by atoms with Crippen molar-refractivity contribution in [3.05, 3.63) is 53.9 Å². The zero-order chi connectivity index (χ0) is 16.6. The number of rotatable bonds is 3. The zero-order valence-corrected chi connectivity index (χ0v) is 12.1. The van der Waals surface area contributed by atoms with E-state index >= 15 is 0 Å². The molecule has 0 unspecified atom stereocenters. The summed E-state index contributed by atoms with van der Waals surface area (Å²) in [4.78, 5) is 27.5. The molecule has 0 atom stereocenters. The van der Waals surface area contributed by atoms with E-state index in [0.717, 1.165) is 0 Å². The van der Waals surface area contributed by atoms with Crippen LogP contribution >= 0.6 is 0 Å². The SMILES string of the molecule is COC(=O)c1cccn2c(-c3cccc(O)c3)nc(C(=O)O)c12. The highest BCUT2D eigenvalue weighted by Crippen LogP contribution is 2.27. The number of methoxy groups -OCH3 is 1. The maximum atomic E-state index is 11.9. The van der Waals surface area contributed by atoms with Crippen molar-refractivity contribution in [3.63, 3.8) is 0 Å². The normalized spacial score (nSPS) is 10.7. The summed E-state index contributed by atoms with van der Waals surface area (Å²) in [5.74, 6) is -1.58. The van der Waals surface area contributed by atoms with Gasteiger partial charge in [-0.2, -0.15) is 0 Å². The Morgan fingerprint density at radius 2 is 2.00 bits per heavy atom. The van der Waals surface area contributed by atoms with E-state index in [2.05, 4.69) is 4.98 Å². The number of aromatic carboxylic acids is 1. The standard InChI is InChI=1S/C16H12N2O5/c1-23-16(22)11-6-3-7-18-13(11)12(15(20)21)17-14(18)9-4-2-5-10(19)8-9/h2-8,19H,1H3,(H,20,21). The molecule has 7 heteroatoms. The minimum Gasteiger partial charge on any atom is -0.508 e. The fraction of sp³-hybridized carbons (Fsp3) is 0.0625. The molecule has 3 aromatic rings. The second-order valence-corrected chi connectivity index (χ2v) is 4.77. The number of phenols is 1. The number of esters is 1. The summed E-state index contributed by atoms with van der Waals surface area (Å²) in [7, 11) is 1.22. The van der Waals surface area contributed by atoms with E-state index < -0.39 is 11.9 Å². The van der Waals surface area contributed by atoms with E-state index in [4.69, 9.17) is 4.74 Å². The Morgan fingerprint density at radius 3 is 2.65 bits per heavy atom. The Bertz CT molecular complexity index is 929. The molecule has 2 N–H and O–H groups in total. The van der Waals surface area contributed by atoms with Gasteiger partial charge in [-0.05, 0) is 24.3 Å². The molecule has 0 radical (unpaired) electrons. The summed E-state index contributed by atoms with van der Waals surface area (Å²) in [6, 6.07) is 9.34. The lowest BCUT2D eigenvalue weighted by molar-refractivity contribution is 0.0602. The van der Waals surface area contributed by atoms with Crippen molar-refractivity contribution in [2.24, 2.45) is 0 Å². The summed E-state index contributed by atoms with van der Waals surface area (Å²) in [5, 5.41) is 19.0. The molecule has 3 rings (SSSR count). The van der Waals surface area contributed by atoms with Gasteiger partial charge in [-0.15, -0.1) is 0 Å². The number of carbonyl (C=O) groups excluding carboxylic acids is 1. The molecule has 1 aromatic carbocycles. The summed E-state index contributed by atoms with van der Waals surface area (Å²) >= 11 is 0. The number of carboxylic acids is 1. The van der Waals surface area contributed by atoms with E-state index in [-0.39, 0.29) is 22.5 Å². The fourth-order valence-corrected chi connectivity index (χ4v) is 2.41. The number of hydrogen-bond acceptors (Lipinski definition) is 5. The Hall–Kier alpha value is -3.35. The summed E-state index contributed by atoms with van der Waals surface area (Å²) in [6.45, 7) is 0. The van der Waals surface area contributed by atoms with Crippen molar-refractivity contribution >= 4 is 17.5 Å². The van der Waals surface area contributed by atoms with Gasteiger partial charge in [-0.1, -0.05) is 12.1 Å². The number of phenolic OH excluding ortho intramolecular Hbond substituents is 1. The summed E-state index contributed by atoms with van der Waals surface area (Å²) in [5.41, 5.74) is 0.510. The first-order valence-corrected chi connectivity index (χ1v) is 6.65. The van der Waals surface area contributed by atoms with Crippen LogP contribution in [-0.2, 0) is 4.74 Å². The minimum atomic E-state index is -1.26. The largest absolute Gasteiger partial charge is 0.508 e. The highest BCUT2D eigenvalue weighted by Gasteiger charge is 2.23. The molecule has 0 spiro atoms. The van der Waals surface area contributed by atoms with E-state index in [1.807, 2.05) is 0 Å². The average Bonchev–Trinajstić information content (AvgIpc) is 2.94. The van der Waals surface area contributed by atoms with Crippen LogP contribution in [-0.4, -0.2) is 38.6 Å². The molecular formula is C16H12N2O5. The number of aromatic hydroxyl groups is 1. The van der Waals surface area contributed by atoms with Gasteiger partial charge >= 0.3 is 11.9 Å². The number of imidazole rings is 1. The van der Waals surface area contributed by atoms with Crippen LogP contribution in [0.4, 0.5) is 0 Å². The van der Waals surface area contributed by atoms with Gasteiger partial charge < -0.3 is 14.9 Å². The molecule has 0 amide bonds. The zero-order valence-electron chi connectivity index (χ0n) is 12.1. The van der Waals surface area contributed by atoms with Crippen LogP contribution in [0, 0.1) is 0 Å². The first-order valence-electron chi connectivity index (χ1n) is 6.65. The van der Waals surface area contributed by atoms with Crippen molar-refractivity contribution in [3.8, 4) is 17.1 Å². The smallest absolute Gasteiger partial charge is 0.356 e. The van der Waals surface area contributed by atoms with Crippen molar-refractivity contribution < 1.29 is 24.5 Å². The third kappa shape index (κ3) is 2.38. The van der Waals surface area contributed by atoms with Crippen LogP contribution in [0.5, 0.6) is 5.75 Å². The Morgan fingerprint density at radius 1 is 1.22 bits per heavy atom. The predicted octanol–water partition coefficient (Wildman–Crippen LogP) is 2.19. The molecule has 0 aliphatic carbocycles. The summed E-state index contributed by atoms with van der Waals surface area (Å²) < 4.78 is 6.19. The van der Waals surface area contributed by atoms with Gasteiger partial charge in [0, 0.05) is 11.8 Å². The van der Waals surface area contributed by atoms with Gasteiger partial charge in [0.05, 0.1) is 18.2 Å². The number of ether oxygens (including phenoxy) is 1. The maximum Gasteiger partial charge on any atom is 0.356 e. The van der Waals surface area contributed by atoms with Gasteiger partial charge in [-0.25, -0.2) is 14.6 Å². The number of benzene rings is 1. The van der Waals surface area contributed by atoms with Gasteiger partial charge in [0.2, 0.25) is 0 Å². The van der Waals surface area contributed by atoms with Gasteiger partial charge in [0.1, 0.15) is 11.6 Å². The number of fused-ring (bicyclic) bond motifs is 1. The number of pyridine rings is 1. The lowest BCUT2D eigenvalue weighted by atomic mass is 10.2. The highest BCUT2D eigenvalue weighted by molar-refractivity contribution is 6.05. The van der Waals surface area contributed by atoms with E-state index in [9.17, 15) is 19.8 Å². The van der Waals surface area contributed by atoms with Crippen molar-refractivity contribution in [1.29, 1.82) is 0 Å². The van der Waals surface area contributed by atoms with Crippen LogP contribution in [0.3, 0.4) is 0 Å². The number of carbonyl (C=O) groups is 2. The van der Waals surface area contributed by atoms with E-state index in [1.54, 1.807) is 24.4 Å². The molecule has 7 nitrogen and oxygen atoms in total. The van der Waals surface area contributed by atoms with Crippen LogP contribution in [0.1, 0.15) is 20.8 Å². The Balaban J connectivity index is 2.38. The van der Waals surface area contributed by atoms with E-state index in [0.29, 0.717) is 11.4 Å². The molecule has 2 heterocycles. The van der Waals surface area contributed by atoms with E-state index in [1.165, 1.54) is 29.7 Å². The topological polar surface area (TPSA) is 101 Å². The first kappa shape index (κ1) is 14.6. The van der Waals surface area contributed by atoms with Gasteiger partial charge in [0.25, 0.3) is 0 Å². The monoisotopic (exact) mass is 312 g/mol. The number of aromatic nitrogens is 2. The number of hydrogen-bond donors (Lipinski definition) is 2. The highest BCUT2D eigenvalue weighted by atomic mass is 16.5. The van der Waals surface area contributed by atoms with Crippen LogP contribution in [0.15, 0.2) is 42.6 Å². The third-order valence-electron chi connectivity index (χ3n) is 3.38. The lowest BCUT2D eigenvalue weighted by Crippen LogP contribution is -2.06. The van der Waals surface area contributed by atoms with Crippen LogP contribution in [0.2, 0.25) is 0 Å². The molecule has 0 fully saturated rings. The first-order chi connectivity index (χ1) is 11.0. The van der Waals surface area contributed by atoms with Gasteiger partial charge in [-0.3, -0.25) is 4.40 Å². The molecule has 23 heavy (non-hydrogen) atoms. The Kier molecular flexibility index (Phi) is 3.46. The maximum absolute atomic E-state index is 11.9. The molecule has 116 valence electrons. The number of nitrogens with zero attached hydrogens (tertiary/aromatic N) is 2. The Labute approximate surface area is 130 Å². The van der Waals surface area contributed by atoms with Crippen LogP contribution < -0.4 is 0 Å². The third-order valence-corrected chi connectivity index (χ3v) is 3.38.